The number of halogens is 2. The highest BCUT2D eigenvalue weighted by Gasteiger charge is 2.41. The lowest BCUT2D eigenvalue weighted by Crippen LogP contribution is -2.59. The third kappa shape index (κ3) is 2.58. The van der Waals surface area contributed by atoms with Crippen LogP contribution in [0.1, 0.15) is 31.2 Å². The smallest absolute Gasteiger partial charge is 0.137 e. The second kappa shape index (κ2) is 5.51. The molecule has 1 aliphatic heterocycles. The van der Waals surface area contributed by atoms with E-state index in [1.54, 1.807) is 6.07 Å². The van der Waals surface area contributed by atoms with Crippen LogP contribution in [0.4, 0.5) is 4.39 Å². The molecule has 2 fully saturated rings. The molecule has 1 saturated carbocycles. The molecular formula is C15H20BrFN2. The van der Waals surface area contributed by atoms with Crippen molar-refractivity contribution in [3.8, 4) is 0 Å². The lowest BCUT2D eigenvalue weighted by Gasteiger charge is -2.45. The Labute approximate surface area is 122 Å². The molecule has 19 heavy (non-hydrogen) atoms. The number of rotatable bonds is 2. The summed E-state index contributed by atoms with van der Waals surface area (Å²) in [6.45, 7) is 4.03. The molecule has 0 amide bonds. The fourth-order valence-electron chi connectivity index (χ4n) is 3.53. The number of hydrogen-bond acceptors (Lipinski definition) is 2. The first-order chi connectivity index (χ1) is 9.21. The van der Waals surface area contributed by atoms with Gasteiger partial charge in [-0.15, -0.1) is 0 Å². The Morgan fingerprint density at radius 1 is 1.32 bits per heavy atom. The van der Waals surface area contributed by atoms with Gasteiger partial charge in [-0.25, -0.2) is 4.39 Å². The van der Waals surface area contributed by atoms with Crippen molar-refractivity contribution in [1.29, 1.82) is 0 Å². The molecule has 4 heteroatoms. The maximum Gasteiger partial charge on any atom is 0.137 e. The summed E-state index contributed by atoms with van der Waals surface area (Å²) < 4.78 is 14.3. The van der Waals surface area contributed by atoms with Gasteiger partial charge in [-0.05, 0) is 40.4 Å². The number of piperazine rings is 1. The monoisotopic (exact) mass is 326 g/mol. The van der Waals surface area contributed by atoms with Crippen LogP contribution >= 0.6 is 15.9 Å². The quantitative estimate of drug-likeness (QED) is 0.897. The molecule has 0 unspecified atom stereocenters. The highest BCUT2D eigenvalue weighted by molar-refractivity contribution is 9.10. The third-order valence-electron chi connectivity index (χ3n) is 4.61. The average molecular weight is 327 g/mol. The number of hydrogen-bond donors (Lipinski definition) is 1. The summed E-state index contributed by atoms with van der Waals surface area (Å²) in [4.78, 5) is 2.57. The summed E-state index contributed by atoms with van der Waals surface area (Å²) in [7, 11) is 0. The van der Waals surface area contributed by atoms with Gasteiger partial charge in [0.05, 0.1) is 4.47 Å². The summed E-state index contributed by atoms with van der Waals surface area (Å²) in [5, 5.41) is 3.53. The van der Waals surface area contributed by atoms with Crippen molar-refractivity contribution in [3.05, 3.63) is 34.1 Å². The Morgan fingerprint density at radius 3 is 2.89 bits per heavy atom. The molecule has 2 nitrogen and oxygen atoms in total. The van der Waals surface area contributed by atoms with Crippen LogP contribution in [-0.2, 0) is 6.54 Å². The van der Waals surface area contributed by atoms with E-state index in [2.05, 4.69) is 26.1 Å². The molecule has 1 aromatic rings. The predicted octanol–water partition coefficient (Wildman–Crippen LogP) is 3.31. The fraction of sp³-hybridized carbons (Fsp3) is 0.600. The van der Waals surface area contributed by atoms with Gasteiger partial charge < -0.3 is 5.32 Å². The second-order valence-corrected chi connectivity index (χ2v) is 6.54. The van der Waals surface area contributed by atoms with Gasteiger partial charge in [0.1, 0.15) is 5.82 Å². The molecule has 104 valence electrons. The van der Waals surface area contributed by atoms with E-state index in [1.807, 2.05) is 6.07 Å². The summed E-state index contributed by atoms with van der Waals surface area (Å²) in [6, 6.07) is 5.34. The van der Waals surface area contributed by atoms with E-state index < -0.39 is 0 Å². The zero-order chi connectivity index (χ0) is 13.3. The topological polar surface area (TPSA) is 15.3 Å². The van der Waals surface area contributed by atoms with E-state index >= 15 is 0 Å². The van der Waals surface area contributed by atoms with E-state index in [9.17, 15) is 4.39 Å². The molecule has 0 aromatic heterocycles. The van der Waals surface area contributed by atoms with Gasteiger partial charge >= 0.3 is 0 Å². The van der Waals surface area contributed by atoms with Crippen LogP contribution in [0.15, 0.2) is 22.7 Å². The normalized spacial score (nSPS) is 23.1. The third-order valence-corrected chi connectivity index (χ3v) is 5.50. The molecule has 2 aliphatic rings. The molecule has 1 aromatic carbocycles. The van der Waals surface area contributed by atoms with Crippen molar-refractivity contribution >= 4 is 15.9 Å². The lowest BCUT2D eigenvalue weighted by molar-refractivity contribution is 0.0570. The van der Waals surface area contributed by atoms with E-state index in [4.69, 9.17) is 0 Å². The second-order valence-electron chi connectivity index (χ2n) is 5.74. The molecule has 1 saturated heterocycles. The number of benzene rings is 1. The van der Waals surface area contributed by atoms with Crippen molar-refractivity contribution < 1.29 is 4.39 Å². The van der Waals surface area contributed by atoms with Crippen LogP contribution in [0, 0.1) is 5.82 Å². The molecule has 0 bridgehead atoms. The largest absolute Gasteiger partial charge is 0.314 e. The highest BCUT2D eigenvalue weighted by Crippen LogP contribution is 2.37. The molecule has 3 rings (SSSR count). The van der Waals surface area contributed by atoms with Gasteiger partial charge in [-0.1, -0.05) is 25.0 Å². The van der Waals surface area contributed by atoms with Crippen molar-refractivity contribution in [1.82, 2.24) is 10.2 Å². The minimum Gasteiger partial charge on any atom is -0.314 e. The first-order valence-corrected chi connectivity index (χ1v) is 7.89. The Balaban J connectivity index is 1.82. The van der Waals surface area contributed by atoms with Crippen LogP contribution in [-0.4, -0.2) is 30.1 Å². The van der Waals surface area contributed by atoms with Crippen LogP contribution in [0.25, 0.3) is 0 Å². The summed E-state index contributed by atoms with van der Waals surface area (Å²) in [6.07, 6.45) is 5.19. The van der Waals surface area contributed by atoms with E-state index in [0.717, 1.165) is 31.7 Å². The van der Waals surface area contributed by atoms with Crippen LogP contribution in [0.3, 0.4) is 0 Å². The maximum absolute atomic E-state index is 13.6. The van der Waals surface area contributed by atoms with Crippen molar-refractivity contribution in [2.24, 2.45) is 0 Å². The summed E-state index contributed by atoms with van der Waals surface area (Å²) in [5.41, 5.74) is 1.37. The number of nitrogens with one attached hydrogen (secondary N) is 1. The predicted molar refractivity (Wildman–Crippen MR) is 78.6 cm³/mol. The lowest BCUT2D eigenvalue weighted by atomic mass is 9.92. The van der Waals surface area contributed by atoms with E-state index in [1.165, 1.54) is 31.7 Å². The molecule has 1 heterocycles. The van der Waals surface area contributed by atoms with Gasteiger partial charge in [-0.3, -0.25) is 4.90 Å². The average Bonchev–Trinajstić information content (AvgIpc) is 2.87. The van der Waals surface area contributed by atoms with E-state index in [0.29, 0.717) is 10.0 Å². The number of nitrogens with zero attached hydrogens (tertiary/aromatic N) is 1. The van der Waals surface area contributed by atoms with Gasteiger partial charge in [0.2, 0.25) is 0 Å². The Hall–Kier alpha value is -0.450. The van der Waals surface area contributed by atoms with Gasteiger partial charge in [0, 0.05) is 31.7 Å². The highest BCUT2D eigenvalue weighted by atomic mass is 79.9. The minimum atomic E-state index is -0.159. The van der Waals surface area contributed by atoms with E-state index in [-0.39, 0.29) is 5.82 Å². The molecule has 0 radical (unpaired) electrons. The van der Waals surface area contributed by atoms with Crippen LogP contribution < -0.4 is 5.32 Å². The van der Waals surface area contributed by atoms with Crippen molar-refractivity contribution in [3.63, 3.8) is 0 Å². The maximum atomic E-state index is 13.6. The van der Waals surface area contributed by atoms with Crippen molar-refractivity contribution in [2.75, 3.05) is 19.6 Å². The first kappa shape index (κ1) is 13.5. The minimum absolute atomic E-state index is 0.159. The molecule has 1 spiro atoms. The van der Waals surface area contributed by atoms with Crippen molar-refractivity contribution in [2.45, 2.75) is 37.8 Å². The SMILES string of the molecule is Fc1cccc(CN2CCNCC23CCCC3)c1Br. The molecule has 1 N–H and O–H groups in total. The zero-order valence-corrected chi connectivity index (χ0v) is 12.7. The first-order valence-electron chi connectivity index (χ1n) is 7.10. The van der Waals surface area contributed by atoms with Gasteiger partial charge in [0.25, 0.3) is 0 Å². The van der Waals surface area contributed by atoms with Gasteiger partial charge in [0.15, 0.2) is 0 Å². The molecule has 1 aliphatic carbocycles. The molecule has 0 atom stereocenters. The fourth-order valence-corrected chi connectivity index (χ4v) is 3.92. The van der Waals surface area contributed by atoms with Crippen LogP contribution in [0.5, 0.6) is 0 Å². The van der Waals surface area contributed by atoms with Gasteiger partial charge in [-0.2, -0.15) is 0 Å². The zero-order valence-electron chi connectivity index (χ0n) is 11.1. The summed E-state index contributed by atoms with van der Waals surface area (Å²) >= 11 is 3.39. The van der Waals surface area contributed by atoms with Crippen LogP contribution in [0.2, 0.25) is 0 Å². The Morgan fingerprint density at radius 2 is 2.11 bits per heavy atom. The molecular weight excluding hydrogens is 307 g/mol. The Bertz CT molecular complexity index is 457. The standard InChI is InChI=1S/C15H20BrFN2/c16-14-12(4-3-5-13(14)17)10-19-9-8-18-11-15(19)6-1-2-7-15/h3-5,18H,1-2,6-11H2. The Kier molecular flexibility index (Phi) is 3.92. The summed E-state index contributed by atoms with van der Waals surface area (Å²) in [5.74, 6) is -0.159.